The molecule has 2 aromatic carbocycles. The van der Waals surface area contributed by atoms with Crippen LogP contribution >= 0.6 is 23.4 Å². The fourth-order valence-electron chi connectivity index (χ4n) is 1.97. The Hall–Kier alpha value is -1.98. The lowest BCUT2D eigenvalue weighted by atomic mass is 10.2. The van der Waals surface area contributed by atoms with Gasteiger partial charge in [0.05, 0.1) is 11.4 Å². The van der Waals surface area contributed by atoms with E-state index in [0.717, 1.165) is 10.6 Å². The fourth-order valence-corrected chi connectivity index (χ4v) is 2.88. The van der Waals surface area contributed by atoms with Gasteiger partial charge in [0, 0.05) is 21.2 Å². The van der Waals surface area contributed by atoms with E-state index in [9.17, 15) is 9.59 Å². The Kier molecular flexibility index (Phi) is 3.86. The molecule has 0 aromatic heterocycles. The number of benzene rings is 2. The second kappa shape index (κ2) is 5.79. The first-order chi connectivity index (χ1) is 10.1. The third-order valence-corrected chi connectivity index (χ3v) is 4.30. The van der Waals surface area contributed by atoms with Crippen LogP contribution in [-0.4, -0.2) is 17.6 Å². The van der Waals surface area contributed by atoms with Gasteiger partial charge >= 0.3 is 0 Å². The quantitative estimate of drug-likeness (QED) is 0.889. The van der Waals surface area contributed by atoms with E-state index in [1.165, 1.54) is 11.8 Å². The van der Waals surface area contributed by atoms with Gasteiger partial charge in [0.2, 0.25) is 5.91 Å². The standard InChI is InChI=1S/C15H11ClN2O2S/c16-10-3-1-9(2-4-10)15(20)17-11-5-6-13-12(7-11)18-14(19)8-21-13/h1-7H,8H2,(H,17,20)(H,18,19). The molecule has 0 spiro atoms. The SMILES string of the molecule is O=C1CSc2ccc(NC(=O)c3ccc(Cl)cc3)cc2N1. The van der Waals surface area contributed by atoms with Crippen molar-refractivity contribution in [3.63, 3.8) is 0 Å². The van der Waals surface area contributed by atoms with Crippen LogP contribution in [0.4, 0.5) is 11.4 Å². The minimum absolute atomic E-state index is 0.0336. The summed E-state index contributed by atoms with van der Waals surface area (Å²) in [5, 5.41) is 6.18. The van der Waals surface area contributed by atoms with Gasteiger partial charge in [-0.1, -0.05) is 11.6 Å². The van der Waals surface area contributed by atoms with Crippen molar-refractivity contribution in [2.75, 3.05) is 16.4 Å². The molecule has 3 rings (SSSR count). The van der Waals surface area contributed by atoms with Gasteiger partial charge in [-0.2, -0.15) is 0 Å². The number of carbonyl (C=O) groups is 2. The minimum Gasteiger partial charge on any atom is -0.324 e. The number of carbonyl (C=O) groups excluding carboxylic acids is 2. The normalized spacial score (nSPS) is 13.3. The van der Waals surface area contributed by atoms with Crippen LogP contribution in [0.1, 0.15) is 10.4 Å². The molecule has 2 N–H and O–H groups in total. The van der Waals surface area contributed by atoms with Crippen molar-refractivity contribution in [2.24, 2.45) is 0 Å². The monoisotopic (exact) mass is 318 g/mol. The van der Waals surface area contributed by atoms with E-state index in [2.05, 4.69) is 10.6 Å². The summed E-state index contributed by atoms with van der Waals surface area (Å²) >= 11 is 7.28. The van der Waals surface area contributed by atoms with E-state index >= 15 is 0 Å². The third kappa shape index (κ3) is 3.20. The van der Waals surface area contributed by atoms with Crippen LogP contribution in [-0.2, 0) is 4.79 Å². The maximum atomic E-state index is 12.1. The van der Waals surface area contributed by atoms with E-state index in [4.69, 9.17) is 11.6 Å². The van der Waals surface area contributed by atoms with Crippen molar-refractivity contribution in [1.82, 2.24) is 0 Å². The van der Waals surface area contributed by atoms with Gasteiger partial charge in [-0.3, -0.25) is 9.59 Å². The summed E-state index contributed by atoms with van der Waals surface area (Å²) in [4.78, 5) is 24.5. The van der Waals surface area contributed by atoms with Gasteiger partial charge in [-0.25, -0.2) is 0 Å². The second-order valence-corrected chi connectivity index (χ2v) is 5.96. The summed E-state index contributed by atoms with van der Waals surface area (Å²) in [7, 11) is 0. The Morgan fingerprint density at radius 1 is 1.19 bits per heavy atom. The largest absolute Gasteiger partial charge is 0.324 e. The Morgan fingerprint density at radius 2 is 1.95 bits per heavy atom. The molecule has 1 aliphatic heterocycles. The predicted molar refractivity (Wildman–Crippen MR) is 85.2 cm³/mol. The molecule has 0 unspecified atom stereocenters. The lowest BCUT2D eigenvalue weighted by Crippen LogP contribution is -2.19. The predicted octanol–water partition coefficient (Wildman–Crippen LogP) is 3.64. The van der Waals surface area contributed by atoms with E-state index < -0.39 is 0 Å². The van der Waals surface area contributed by atoms with Gasteiger partial charge in [-0.15, -0.1) is 11.8 Å². The molecule has 6 heteroatoms. The zero-order valence-corrected chi connectivity index (χ0v) is 12.4. The molecule has 2 amide bonds. The maximum Gasteiger partial charge on any atom is 0.255 e. The van der Waals surface area contributed by atoms with Crippen LogP contribution < -0.4 is 10.6 Å². The lowest BCUT2D eigenvalue weighted by Gasteiger charge is -2.17. The van der Waals surface area contributed by atoms with Crippen molar-refractivity contribution in [2.45, 2.75) is 4.90 Å². The third-order valence-electron chi connectivity index (χ3n) is 2.98. The van der Waals surface area contributed by atoms with Gasteiger partial charge in [0.25, 0.3) is 5.91 Å². The summed E-state index contributed by atoms with van der Waals surface area (Å²) in [5.41, 5.74) is 1.89. The number of amides is 2. The molecular formula is C15H11ClN2O2S. The highest BCUT2D eigenvalue weighted by Gasteiger charge is 2.16. The van der Waals surface area contributed by atoms with E-state index in [1.54, 1.807) is 30.3 Å². The summed E-state index contributed by atoms with van der Waals surface area (Å²) < 4.78 is 0. The Bertz CT molecular complexity index is 716. The number of fused-ring (bicyclic) bond motifs is 1. The first-order valence-electron chi connectivity index (χ1n) is 6.25. The summed E-state index contributed by atoms with van der Waals surface area (Å²) in [5.74, 6) is 0.166. The van der Waals surface area contributed by atoms with Crippen molar-refractivity contribution in [3.05, 3.63) is 53.1 Å². The molecule has 4 nitrogen and oxygen atoms in total. The maximum absolute atomic E-state index is 12.1. The molecule has 1 heterocycles. The minimum atomic E-state index is -0.221. The van der Waals surface area contributed by atoms with E-state index in [1.807, 2.05) is 12.1 Å². The Morgan fingerprint density at radius 3 is 2.71 bits per heavy atom. The van der Waals surface area contributed by atoms with Crippen LogP contribution in [0.3, 0.4) is 0 Å². The molecule has 0 saturated carbocycles. The smallest absolute Gasteiger partial charge is 0.255 e. The zero-order valence-electron chi connectivity index (χ0n) is 10.9. The van der Waals surface area contributed by atoms with Gasteiger partial charge < -0.3 is 10.6 Å². The highest BCUT2D eigenvalue weighted by molar-refractivity contribution is 8.00. The van der Waals surface area contributed by atoms with E-state index in [-0.39, 0.29) is 11.8 Å². The molecule has 2 aromatic rings. The molecule has 0 saturated heterocycles. The molecule has 0 aliphatic carbocycles. The Balaban J connectivity index is 1.79. The molecule has 0 fully saturated rings. The number of halogens is 1. The summed E-state index contributed by atoms with van der Waals surface area (Å²) in [6.07, 6.45) is 0. The average Bonchev–Trinajstić information content (AvgIpc) is 2.47. The molecule has 0 radical (unpaired) electrons. The summed E-state index contributed by atoms with van der Waals surface area (Å²) in [6.45, 7) is 0. The fraction of sp³-hybridized carbons (Fsp3) is 0.0667. The molecule has 0 bridgehead atoms. The van der Waals surface area contributed by atoms with Crippen molar-refractivity contribution in [1.29, 1.82) is 0 Å². The van der Waals surface area contributed by atoms with Crippen molar-refractivity contribution in [3.8, 4) is 0 Å². The number of hydrogen-bond donors (Lipinski definition) is 2. The van der Waals surface area contributed by atoms with Crippen LogP contribution in [0.15, 0.2) is 47.4 Å². The molecule has 21 heavy (non-hydrogen) atoms. The first-order valence-corrected chi connectivity index (χ1v) is 7.62. The second-order valence-electron chi connectivity index (χ2n) is 4.51. The molecule has 0 atom stereocenters. The van der Waals surface area contributed by atoms with Crippen LogP contribution in [0.5, 0.6) is 0 Å². The van der Waals surface area contributed by atoms with Crippen molar-refractivity contribution >= 4 is 46.6 Å². The molecule has 1 aliphatic rings. The zero-order chi connectivity index (χ0) is 14.8. The van der Waals surface area contributed by atoms with Crippen molar-refractivity contribution < 1.29 is 9.59 Å². The first kappa shape index (κ1) is 14.0. The number of thioether (sulfide) groups is 1. The number of anilines is 2. The van der Waals surface area contributed by atoms with Gasteiger partial charge in [0.1, 0.15) is 0 Å². The number of nitrogens with one attached hydrogen (secondary N) is 2. The van der Waals surface area contributed by atoms with Gasteiger partial charge in [-0.05, 0) is 42.5 Å². The number of hydrogen-bond acceptors (Lipinski definition) is 3. The van der Waals surface area contributed by atoms with Crippen LogP contribution in [0.25, 0.3) is 0 Å². The van der Waals surface area contributed by atoms with E-state index in [0.29, 0.717) is 22.0 Å². The highest BCUT2D eigenvalue weighted by atomic mass is 35.5. The lowest BCUT2D eigenvalue weighted by molar-refractivity contribution is -0.113. The molecule has 106 valence electrons. The van der Waals surface area contributed by atoms with Crippen LogP contribution in [0, 0.1) is 0 Å². The average molecular weight is 319 g/mol. The van der Waals surface area contributed by atoms with Crippen LogP contribution in [0.2, 0.25) is 5.02 Å². The van der Waals surface area contributed by atoms with Gasteiger partial charge in [0.15, 0.2) is 0 Å². The highest BCUT2D eigenvalue weighted by Crippen LogP contribution is 2.33. The summed E-state index contributed by atoms with van der Waals surface area (Å²) in [6, 6.07) is 12.1. The number of rotatable bonds is 2. The Labute approximate surface area is 130 Å². The topological polar surface area (TPSA) is 58.2 Å². The molecular weight excluding hydrogens is 308 g/mol.